The quantitative estimate of drug-likeness (QED) is 0.843. The Morgan fingerprint density at radius 1 is 1.47 bits per heavy atom. The third kappa shape index (κ3) is 4.40. The molecule has 0 bridgehead atoms. The van der Waals surface area contributed by atoms with Gasteiger partial charge in [-0.25, -0.2) is 0 Å². The third-order valence-corrected chi connectivity index (χ3v) is 3.19. The molecule has 2 N–H and O–H groups in total. The van der Waals surface area contributed by atoms with Gasteiger partial charge in [-0.15, -0.1) is 0 Å². The second-order valence-corrected chi connectivity index (χ2v) is 4.76. The van der Waals surface area contributed by atoms with Crippen molar-refractivity contribution < 1.29 is 9.90 Å². The fraction of sp³-hybridized carbons (Fsp3) is 0.500. The predicted octanol–water partition coefficient (Wildman–Crippen LogP) is 2.36. The van der Waals surface area contributed by atoms with E-state index in [0.29, 0.717) is 18.1 Å². The zero-order valence-corrected chi connectivity index (χ0v) is 12.4. The maximum atomic E-state index is 11.6. The molecule has 1 rings (SSSR count). The number of carbonyl (C=O) groups excluding carboxylic acids is 1. The lowest BCUT2D eigenvalue weighted by molar-refractivity contribution is -0.119. The van der Waals surface area contributed by atoms with E-state index in [0.717, 1.165) is 11.3 Å². The molecule has 1 unspecified atom stereocenters. The lowest BCUT2D eigenvalue weighted by atomic mass is 10.1. The van der Waals surface area contributed by atoms with Crippen LogP contribution in [0.25, 0.3) is 0 Å². The summed E-state index contributed by atoms with van der Waals surface area (Å²) in [6.45, 7) is 7.13. The molecule has 0 fully saturated rings. The first-order valence-corrected chi connectivity index (χ1v) is 6.86. The summed E-state index contributed by atoms with van der Waals surface area (Å²) in [5, 5.41) is 12.8. The number of nitrogens with one attached hydrogen (secondary N) is 1. The van der Waals surface area contributed by atoms with E-state index in [2.05, 4.69) is 5.32 Å². The number of benzene rings is 1. The SMILES string of the molecule is CCNC(=O)CN(CC)c1ccc(C(C)O)cc1Cl. The average Bonchev–Trinajstić information content (AvgIpc) is 2.36. The molecule has 0 aromatic heterocycles. The largest absolute Gasteiger partial charge is 0.389 e. The second kappa shape index (κ2) is 7.36. The molecule has 4 nitrogen and oxygen atoms in total. The number of amides is 1. The zero-order chi connectivity index (χ0) is 14.4. The van der Waals surface area contributed by atoms with E-state index in [1.807, 2.05) is 30.9 Å². The first-order valence-electron chi connectivity index (χ1n) is 6.48. The van der Waals surface area contributed by atoms with Crippen molar-refractivity contribution in [2.24, 2.45) is 0 Å². The predicted molar refractivity (Wildman–Crippen MR) is 78.7 cm³/mol. The van der Waals surface area contributed by atoms with Crippen LogP contribution in [-0.2, 0) is 4.79 Å². The number of halogens is 1. The van der Waals surface area contributed by atoms with Gasteiger partial charge in [0.25, 0.3) is 0 Å². The lowest BCUT2D eigenvalue weighted by Gasteiger charge is -2.24. The van der Waals surface area contributed by atoms with Crippen LogP contribution in [-0.4, -0.2) is 30.6 Å². The summed E-state index contributed by atoms with van der Waals surface area (Å²) in [6.07, 6.45) is -0.551. The molecule has 0 aliphatic carbocycles. The molecular weight excluding hydrogens is 264 g/mol. The summed E-state index contributed by atoms with van der Waals surface area (Å²) in [4.78, 5) is 13.5. The van der Waals surface area contributed by atoms with E-state index in [4.69, 9.17) is 11.6 Å². The molecular formula is C14H21ClN2O2. The molecule has 0 saturated carbocycles. The van der Waals surface area contributed by atoms with E-state index >= 15 is 0 Å². The van der Waals surface area contributed by atoms with Crippen LogP contribution in [0, 0.1) is 0 Å². The monoisotopic (exact) mass is 284 g/mol. The molecule has 1 amide bonds. The van der Waals surface area contributed by atoms with Gasteiger partial charge in [-0.1, -0.05) is 17.7 Å². The maximum Gasteiger partial charge on any atom is 0.239 e. The van der Waals surface area contributed by atoms with Gasteiger partial charge in [-0.2, -0.15) is 0 Å². The number of hydrogen-bond acceptors (Lipinski definition) is 3. The van der Waals surface area contributed by atoms with Crippen LogP contribution >= 0.6 is 11.6 Å². The molecule has 0 saturated heterocycles. The molecule has 1 aromatic rings. The van der Waals surface area contributed by atoms with Crippen LogP contribution in [0.5, 0.6) is 0 Å². The van der Waals surface area contributed by atoms with Gasteiger partial charge in [-0.05, 0) is 38.5 Å². The highest BCUT2D eigenvalue weighted by atomic mass is 35.5. The number of aliphatic hydroxyl groups excluding tert-OH is 1. The van der Waals surface area contributed by atoms with Gasteiger partial charge in [0.05, 0.1) is 23.4 Å². The van der Waals surface area contributed by atoms with E-state index in [-0.39, 0.29) is 12.5 Å². The number of nitrogens with zero attached hydrogens (tertiary/aromatic N) is 1. The highest BCUT2D eigenvalue weighted by Crippen LogP contribution is 2.28. The minimum absolute atomic E-state index is 0.0278. The van der Waals surface area contributed by atoms with Crippen molar-refractivity contribution in [2.45, 2.75) is 26.9 Å². The van der Waals surface area contributed by atoms with Gasteiger partial charge >= 0.3 is 0 Å². The minimum atomic E-state index is -0.551. The maximum absolute atomic E-state index is 11.6. The Morgan fingerprint density at radius 3 is 2.63 bits per heavy atom. The average molecular weight is 285 g/mol. The molecule has 0 heterocycles. The van der Waals surface area contributed by atoms with E-state index in [1.165, 1.54) is 0 Å². The molecule has 5 heteroatoms. The smallest absolute Gasteiger partial charge is 0.239 e. The highest BCUT2D eigenvalue weighted by Gasteiger charge is 2.13. The summed E-state index contributed by atoms with van der Waals surface area (Å²) in [6, 6.07) is 5.40. The standard InChI is InChI=1S/C14H21ClN2O2/c1-4-16-14(19)9-17(5-2)13-7-6-11(10(3)18)8-12(13)15/h6-8,10,18H,4-5,9H2,1-3H3,(H,16,19). The molecule has 0 aliphatic heterocycles. The van der Waals surface area contributed by atoms with Crippen molar-refractivity contribution in [2.75, 3.05) is 24.5 Å². The van der Waals surface area contributed by atoms with Gasteiger partial charge < -0.3 is 15.3 Å². The van der Waals surface area contributed by atoms with Gasteiger partial charge in [0.1, 0.15) is 0 Å². The number of hydrogen-bond donors (Lipinski definition) is 2. The Balaban J connectivity index is 2.89. The summed E-state index contributed by atoms with van der Waals surface area (Å²) in [7, 11) is 0. The zero-order valence-electron chi connectivity index (χ0n) is 11.6. The van der Waals surface area contributed by atoms with Crippen LogP contribution < -0.4 is 10.2 Å². The molecule has 1 aromatic carbocycles. The normalized spacial score (nSPS) is 12.1. The van der Waals surface area contributed by atoms with Crippen LogP contribution in [0.2, 0.25) is 5.02 Å². The van der Waals surface area contributed by atoms with Crippen molar-refractivity contribution in [3.63, 3.8) is 0 Å². The minimum Gasteiger partial charge on any atom is -0.389 e. The van der Waals surface area contributed by atoms with Crippen LogP contribution in [0.15, 0.2) is 18.2 Å². The van der Waals surface area contributed by atoms with E-state index in [9.17, 15) is 9.90 Å². The Morgan fingerprint density at radius 2 is 2.16 bits per heavy atom. The van der Waals surface area contributed by atoms with Crippen molar-refractivity contribution in [1.82, 2.24) is 5.32 Å². The number of carbonyl (C=O) groups is 1. The van der Waals surface area contributed by atoms with Gasteiger partial charge in [-0.3, -0.25) is 4.79 Å². The summed E-state index contributed by atoms with van der Waals surface area (Å²) < 4.78 is 0. The van der Waals surface area contributed by atoms with Crippen molar-refractivity contribution in [3.05, 3.63) is 28.8 Å². The van der Waals surface area contributed by atoms with Crippen LogP contribution in [0.4, 0.5) is 5.69 Å². The summed E-state index contributed by atoms with van der Waals surface area (Å²) in [5.74, 6) is -0.0278. The summed E-state index contributed by atoms with van der Waals surface area (Å²) in [5.41, 5.74) is 1.57. The van der Waals surface area contributed by atoms with Gasteiger partial charge in [0, 0.05) is 13.1 Å². The Bertz CT molecular complexity index is 435. The number of likely N-dealkylation sites (N-methyl/N-ethyl adjacent to an activating group) is 2. The van der Waals surface area contributed by atoms with Crippen LogP contribution in [0.3, 0.4) is 0 Å². The summed E-state index contributed by atoms with van der Waals surface area (Å²) >= 11 is 6.22. The van der Waals surface area contributed by atoms with Gasteiger partial charge in [0.2, 0.25) is 5.91 Å². The highest BCUT2D eigenvalue weighted by molar-refractivity contribution is 6.33. The number of anilines is 1. The Kier molecular flexibility index (Phi) is 6.12. The van der Waals surface area contributed by atoms with Gasteiger partial charge in [0.15, 0.2) is 0 Å². The fourth-order valence-corrected chi connectivity index (χ4v) is 2.14. The molecule has 19 heavy (non-hydrogen) atoms. The number of rotatable bonds is 6. The molecule has 1 atom stereocenters. The molecule has 0 aliphatic rings. The molecule has 0 spiro atoms. The molecule has 0 radical (unpaired) electrons. The van der Waals surface area contributed by atoms with E-state index in [1.54, 1.807) is 13.0 Å². The third-order valence-electron chi connectivity index (χ3n) is 2.88. The van der Waals surface area contributed by atoms with Crippen molar-refractivity contribution in [3.8, 4) is 0 Å². The Labute approximate surface area is 119 Å². The second-order valence-electron chi connectivity index (χ2n) is 4.35. The van der Waals surface area contributed by atoms with Crippen molar-refractivity contribution >= 4 is 23.2 Å². The number of aliphatic hydroxyl groups is 1. The molecule has 106 valence electrons. The lowest BCUT2D eigenvalue weighted by Crippen LogP contribution is -2.37. The Hall–Kier alpha value is -1.26. The first-order chi connectivity index (χ1) is 8.99. The van der Waals surface area contributed by atoms with Crippen molar-refractivity contribution in [1.29, 1.82) is 0 Å². The first kappa shape index (κ1) is 15.8. The van der Waals surface area contributed by atoms with E-state index < -0.39 is 6.10 Å². The topological polar surface area (TPSA) is 52.6 Å². The fourth-order valence-electron chi connectivity index (χ4n) is 1.83. The van der Waals surface area contributed by atoms with Crippen LogP contribution in [0.1, 0.15) is 32.4 Å².